The first-order valence-electron chi connectivity index (χ1n) is 12.1. The van der Waals surface area contributed by atoms with E-state index >= 15 is 0 Å². The van der Waals surface area contributed by atoms with Gasteiger partial charge in [-0.25, -0.2) is 0 Å². The van der Waals surface area contributed by atoms with E-state index in [1.165, 1.54) is 34.2 Å². The summed E-state index contributed by atoms with van der Waals surface area (Å²) in [6, 6.07) is 15.7. The molecule has 3 nitrogen and oxygen atoms in total. The van der Waals surface area contributed by atoms with Crippen LogP contribution in [-0.4, -0.2) is 16.9 Å². The van der Waals surface area contributed by atoms with E-state index in [0.29, 0.717) is 12.6 Å². The smallest absolute Gasteiger partial charge is 0.189 e. The Morgan fingerprint density at radius 1 is 1.00 bits per heavy atom. The number of pyridine rings is 1. The topological polar surface area (TPSA) is 36.1 Å². The molecule has 1 N–H and O–H groups in total. The number of rotatable bonds is 6. The van der Waals surface area contributed by atoms with Gasteiger partial charge in [0.1, 0.15) is 0 Å². The van der Waals surface area contributed by atoms with Gasteiger partial charge >= 0.3 is 0 Å². The van der Waals surface area contributed by atoms with Crippen LogP contribution < -0.4 is 5.43 Å². The lowest BCUT2D eigenvalue weighted by molar-refractivity contribution is 0.212. The average Bonchev–Trinajstić information content (AvgIpc) is 2.83. The summed E-state index contributed by atoms with van der Waals surface area (Å²) in [7, 11) is 2.16. The summed E-state index contributed by atoms with van der Waals surface area (Å²) >= 11 is 0. The Morgan fingerprint density at radius 3 is 2.38 bits per heavy atom. The van der Waals surface area contributed by atoms with Crippen LogP contribution in [0.25, 0.3) is 11.3 Å². The molecule has 2 aromatic carbocycles. The molecule has 0 fully saturated rings. The molecule has 1 aromatic heterocycles. The Kier molecular flexibility index (Phi) is 6.66. The molecule has 3 heteroatoms. The molecule has 0 saturated carbocycles. The molecule has 0 saturated heterocycles. The number of benzene rings is 2. The molecule has 32 heavy (non-hydrogen) atoms. The normalized spacial score (nSPS) is 15.8. The fraction of sp³-hybridized carbons (Fsp3) is 0.414. The van der Waals surface area contributed by atoms with Gasteiger partial charge in [0.05, 0.1) is 5.69 Å². The van der Waals surface area contributed by atoms with E-state index in [4.69, 9.17) is 0 Å². The van der Waals surface area contributed by atoms with Crippen molar-refractivity contribution in [1.29, 1.82) is 0 Å². The summed E-state index contributed by atoms with van der Waals surface area (Å²) in [5, 5.41) is 0. The van der Waals surface area contributed by atoms with E-state index in [1.54, 1.807) is 0 Å². The highest BCUT2D eigenvalue weighted by Gasteiger charge is 2.25. The lowest BCUT2D eigenvalue weighted by atomic mass is 9.86. The summed E-state index contributed by atoms with van der Waals surface area (Å²) in [5.74, 6) is 0. The number of nitrogens with one attached hydrogen (secondary N) is 1. The van der Waals surface area contributed by atoms with Crippen LogP contribution in [0.2, 0.25) is 0 Å². The number of aromatic nitrogens is 1. The Hall–Kier alpha value is -2.65. The van der Waals surface area contributed by atoms with Crippen molar-refractivity contribution in [1.82, 2.24) is 9.88 Å². The molecular formula is C29H36N2O. The summed E-state index contributed by atoms with van der Waals surface area (Å²) in [6.07, 6.45) is 5.41. The third-order valence-electron chi connectivity index (χ3n) is 7.28. The SMILES string of the molecule is CCc1cccc(CC)c1-c1[nH]c(C)c(CN(C)[C@H]2CCCc3ccccc32)c(=O)c1C. The van der Waals surface area contributed by atoms with Crippen molar-refractivity contribution in [2.75, 3.05) is 7.05 Å². The highest BCUT2D eigenvalue weighted by atomic mass is 16.1. The first-order valence-corrected chi connectivity index (χ1v) is 12.1. The predicted octanol–water partition coefficient (Wildman–Crippen LogP) is 6.29. The van der Waals surface area contributed by atoms with E-state index in [9.17, 15) is 4.79 Å². The highest BCUT2D eigenvalue weighted by molar-refractivity contribution is 5.71. The van der Waals surface area contributed by atoms with E-state index < -0.39 is 0 Å². The summed E-state index contributed by atoms with van der Waals surface area (Å²) in [4.78, 5) is 19.6. The zero-order valence-corrected chi connectivity index (χ0v) is 20.2. The molecule has 1 heterocycles. The lowest BCUT2D eigenvalue weighted by Gasteiger charge is -2.33. The standard InChI is InChI=1S/C29H36N2O/c1-6-21-13-10-14-22(7-2)27(21)28-19(3)29(32)25(20(4)30-28)18-31(5)26-17-11-15-23-12-8-9-16-24(23)26/h8-10,12-14,16,26H,6-7,11,15,17-18H2,1-5H3,(H,30,32)/t26-/m0/s1. The van der Waals surface area contributed by atoms with Crippen LogP contribution >= 0.6 is 0 Å². The van der Waals surface area contributed by atoms with Crippen LogP contribution in [0.1, 0.15) is 71.8 Å². The van der Waals surface area contributed by atoms with Gasteiger partial charge in [-0.15, -0.1) is 0 Å². The fourth-order valence-electron chi connectivity index (χ4n) is 5.42. The van der Waals surface area contributed by atoms with Gasteiger partial charge in [0.2, 0.25) is 0 Å². The molecule has 3 aromatic rings. The second-order valence-corrected chi connectivity index (χ2v) is 9.24. The molecule has 0 bridgehead atoms. The van der Waals surface area contributed by atoms with Gasteiger partial charge in [0, 0.05) is 35.0 Å². The molecule has 1 aliphatic carbocycles. The van der Waals surface area contributed by atoms with Gasteiger partial charge in [0.25, 0.3) is 0 Å². The van der Waals surface area contributed by atoms with Crippen molar-refractivity contribution in [2.24, 2.45) is 0 Å². The number of hydrogen-bond donors (Lipinski definition) is 1. The van der Waals surface area contributed by atoms with Crippen LogP contribution in [0.15, 0.2) is 47.3 Å². The molecule has 0 spiro atoms. The van der Waals surface area contributed by atoms with Crippen LogP contribution in [-0.2, 0) is 25.8 Å². The first kappa shape index (κ1) is 22.5. The van der Waals surface area contributed by atoms with Crippen molar-refractivity contribution in [2.45, 2.75) is 72.4 Å². The zero-order chi connectivity index (χ0) is 22.8. The molecular weight excluding hydrogens is 392 g/mol. The van der Waals surface area contributed by atoms with Gasteiger partial charge in [0.15, 0.2) is 5.43 Å². The Morgan fingerprint density at radius 2 is 1.69 bits per heavy atom. The van der Waals surface area contributed by atoms with Gasteiger partial charge in [-0.1, -0.05) is 56.3 Å². The second-order valence-electron chi connectivity index (χ2n) is 9.24. The maximum Gasteiger partial charge on any atom is 0.189 e. The Balaban J connectivity index is 1.72. The van der Waals surface area contributed by atoms with Gasteiger partial charge in [-0.2, -0.15) is 0 Å². The zero-order valence-electron chi connectivity index (χ0n) is 20.2. The quantitative estimate of drug-likeness (QED) is 0.501. The molecule has 168 valence electrons. The first-order chi connectivity index (χ1) is 15.5. The average molecular weight is 429 g/mol. The number of aryl methyl sites for hydroxylation is 4. The van der Waals surface area contributed by atoms with Gasteiger partial charge in [-0.3, -0.25) is 9.69 Å². The highest BCUT2D eigenvalue weighted by Crippen LogP contribution is 2.35. The Bertz CT molecular complexity index is 1150. The van der Waals surface area contributed by atoms with Crippen LogP contribution in [0.3, 0.4) is 0 Å². The van der Waals surface area contributed by atoms with E-state index in [1.807, 2.05) is 6.92 Å². The monoisotopic (exact) mass is 428 g/mol. The van der Waals surface area contributed by atoms with E-state index in [2.05, 4.69) is 80.2 Å². The van der Waals surface area contributed by atoms with Crippen LogP contribution in [0, 0.1) is 13.8 Å². The third kappa shape index (κ3) is 4.06. The number of nitrogens with zero attached hydrogens (tertiary/aromatic N) is 1. The summed E-state index contributed by atoms with van der Waals surface area (Å²) in [6.45, 7) is 9.08. The number of H-pyrrole nitrogens is 1. The third-order valence-corrected chi connectivity index (χ3v) is 7.28. The molecule has 1 aliphatic rings. The maximum absolute atomic E-state index is 13.6. The summed E-state index contributed by atoms with van der Waals surface area (Å²) < 4.78 is 0. The van der Waals surface area contributed by atoms with Crippen molar-refractivity contribution < 1.29 is 0 Å². The molecule has 4 rings (SSSR count). The minimum absolute atomic E-state index is 0.181. The van der Waals surface area contributed by atoms with E-state index in [0.717, 1.165) is 48.2 Å². The van der Waals surface area contributed by atoms with E-state index in [-0.39, 0.29) is 5.43 Å². The van der Waals surface area contributed by atoms with Crippen molar-refractivity contribution in [3.8, 4) is 11.3 Å². The molecule has 0 amide bonds. The summed E-state index contributed by atoms with van der Waals surface area (Å²) in [5.41, 5.74) is 10.6. The van der Waals surface area contributed by atoms with Gasteiger partial charge < -0.3 is 4.98 Å². The minimum atomic E-state index is 0.181. The molecule has 0 unspecified atom stereocenters. The van der Waals surface area contributed by atoms with Crippen LogP contribution in [0.5, 0.6) is 0 Å². The minimum Gasteiger partial charge on any atom is -0.358 e. The molecule has 1 atom stereocenters. The number of aromatic amines is 1. The van der Waals surface area contributed by atoms with Gasteiger partial charge in [-0.05, 0) is 75.3 Å². The van der Waals surface area contributed by atoms with Crippen molar-refractivity contribution >= 4 is 0 Å². The van der Waals surface area contributed by atoms with Crippen molar-refractivity contribution in [3.63, 3.8) is 0 Å². The lowest BCUT2D eigenvalue weighted by Crippen LogP contribution is -2.31. The van der Waals surface area contributed by atoms with Crippen molar-refractivity contribution in [3.05, 3.63) is 91.8 Å². The maximum atomic E-state index is 13.6. The number of hydrogen-bond acceptors (Lipinski definition) is 2. The van der Waals surface area contributed by atoms with Crippen LogP contribution in [0.4, 0.5) is 0 Å². The molecule has 0 aliphatic heterocycles. The second kappa shape index (κ2) is 9.46. The Labute approximate surface area is 192 Å². The fourth-order valence-corrected chi connectivity index (χ4v) is 5.42. The number of fused-ring (bicyclic) bond motifs is 1. The molecule has 0 radical (unpaired) electrons. The largest absolute Gasteiger partial charge is 0.358 e. The predicted molar refractivity (Wildman–Crippen MR) is 134 cm³/mol.